The average Bonchev–Trinajstić information content (AvgIpc) is 3.13. The Hall–Kier alpha value is -1.61. The van der Waals surface area contributed by atoms with E-state index in [4.69, 9.17) is 0 Å². The summed E-state index contributed by atoms with van der Waals surface area (Å²) in [6.07, 6.45) is 2.28. The molecule has 19 heavy (non-hydrogen) atoms. The second-order valence-electron chi connectivity index (χ2n) is 5.11. The minimum atomic E-state index is 0.173. The van der Waals surface area contributed by atoms with E-state index in [-0.39, 0.29) is 5.91 Å². The summed E-state index contributed by atoms with van der Waals surface area (Å²) in [5.74, 6) is 0.173. The smallest absolute Gasteiger partial charge is 0.254 e. The maximum absolute atomic E-state index is 12.7. The highest BCUT2D eigenvalue weighted by Gasteiger charge is 2.33. The van der Waals surface area contributed by atoms with Gasteiger partial charge in [0.25, 0.3) is 5.91 Å². The second-order valence-corrected chi connectivity index (χ2v) is 5.89. The van der Waals surface area contributed by atoms with Crippen molar-refractivity contribution in [1.82, 2.24) is 4.90 Å². The van der Waals surface area contributed by atoms with E-state index in [0.29, 0.717) is 6.04 Å². The van der Waals surface area contributed by atoms with Crippen LogP contribution in [-0.4, -0.2) is 16.8 Å². The lowest BCUT2D eigenvalue weighted by Crippen LogP contribution is -2.32. The van der Waals surface area contributed by atoms with Gasteiger partial charge in [-0.25, -0.2) is 0 Å². The van der Waals surface area contributed by atoms with Gasteiger partial charge in [0.15, 0.2) is 0 Å². The third-order valence-electron chi connectivity index (χ3n) is 3.56. The first-order valence-corrected chi connectivity index (χ1v) is 7.57. The fraction of sp³-hybridized carbons (Fsp3) is 0.312. The maximum Gasteiger partial charge on any atom is 0.254 e. The number of rotatable bonds is 4. The van der Waals surface area contributed by atoms with Gasteiger partial charge in [-0.05, 0) is 53.8 Å². The lowest BCUT2D eigenvalue weighted by molar-refractivity contribution is 0.0729. The number of benzene rings is 1. The molecule has 0 radical (unpaired) electrons. The van der Waals surface area contributed by atoms with Crippen molar-refractivity contribution in [3.63, 3.8) is 0 Å². The van der Waals surface area contributed by atoms with Gasteiger partial charge in [0, 0.05) is 18.2 Å². The zero-order valence-electron chi connectivity index (χ0n) is 11.0. The van der Waals surface area contributed by atoms with Gasteiger partial charge >= 0.3 is 0 Å². The third kappa shape index (κ3) is 2.71. The molecular formula is C16H17NOS. The number of carbonyl (C=O) groups is 1. The van der Waals surface area contributed by atoms with E-state index in [1.807, 2.05) is 36.1 Å². The molecule has 1 aromatic carbocycles. The Labute approximate surface area is 117 Å². The third-order valence-corrected chi connectivity index (χ3v) is 4.29. The Morgan fingerprint density at radius 2 is 2.11 bits per heavy atom. The van der Waals surface area contributed by atoms with E-state index < -0.39 is 0 Å². The van der Waals surface area contributed by atoms with Crippen molar-refractivity contribution in [3.8, 4) is 0 Å². The topological polar surface area (TPSA) is 20.3 Å². The summed E-state index contributed by atoms with van der Waals surface area (Å²) in [5, 5.41) is 4.19. The zero-order valence-corrected chi connectivity index (χ0v) is 11.8. The summed E-state index contributed by atoms with van der Waals surface area (Å²) in [7, 11) is 0. The number of carbonyl (C=O) groups excluding carboxylic acids is 1. The maximum atomic E-state index is 12.7. The lowest BCUT2D eigenvalue weighted by Gasteiger charge is -2.23. The van der Waals surface area contributed by atoms with Gasteiger partial charge in [0.2, 0.25) is 0 Å². The van der Waals surface area contributed by atoms with Gasteiger partial charge in [-0.2, -0.15) is 11.3 Å². The van der Waals surface area contributed by atoms with E-state index in [1.54, 1.807) is 11.3 Å². The molecule has 2 nitrogen and oxygen atoms in total. The summed E-state index contributed by atoms with van der Waals surface area (Å²) in [6, 6.07) is 10.4. The van der Waals surface area contributed by atoms with Crippen LogP contribution in [0.15, 0.2) is 41.1 Å². The highest BCUT2D eigenvalue weighted by molar-refractivity contribution is 7.07. The van der Waals surface area contributed by atoms with Crippen LogP contribution in [0.3, 0.4) is 0 Å². The molecular weight excluding hydrogens is 254 g/mol. The lowest BCUT2D eigenvalue weighted by atomic mass is 10.1. The van der Waals surface area contributed by atoms with Crippen LogP contribution in [-0.2, 0) is 6.54 Å². The molecule has 0 spiro atoms. The zero-order chi connectivity index (χ0) is 13.2. The van der Waals surface area contributed by atoms with E-state index in [0.717, 1.165) is 30.5 Å². The molecule has 1 heterocycles. The summed E-state index contributed by atoms with van der Waals surface area (Å²) in [5.41, 5.74) is 3.13. The second kappa shape index (κ2) is 5.17. The Morgan fingerprint density at radius 3 is 2.74 bits per heavy atom. The van der Waals surface area contributed by atoms with Gasteiger partial charge in [0.1, 0.15) is 0 Å². The normalized spacial score (nSPS) is 14.4. The predicted molar refractivity (Wildman–Crippen MR) is 78.4 cm³/mol. The first kappa shape index (κ1) is 12.4. The van der Waals surface area contributed by atoms with Crippen molar-refractivity contribution in [1.29, 1.82) is 0 Å². The molecule has 0 unspecified atom stereocenters. The molecule has 0 aliphatic heterocycles. The average molecular weight is 271 g/mol. The number of amides is 1. The minimum absolute atomic E-state index is 0.173. The molecule has 1 aliphatic rings. The van der Waals surface area contributed by atoms with Gasteiger partial charge in [0.05, 0.1) is 0 Å². The molecule has 0 atom stereocenters. The fourth-order valence-corrected chi connectivity index (χ4v) is 2.96. The molecule has 2 aromatic rings. The number of hydrogen-bond donors (Lipinski definition) is 0. The summed E-state index contributed by atoms with van der Waals surface area (Å²) in [6.45, 7) is 2.74. The Balaban J connectivity index is 1.84. The quantitative estimate of drug-likeness (QED) is 0.827. The molecule has 1 aliphatic carbocycles. The predicted octanol–water partition coefficient (Wildman–Crippen LogP) is 3.86. The first-order valence-electron chi connectivity index (χ1n) is 6.63. The minimum Gasteiger partial charge on any atom is -0.331 e. The van der Waals surface area contributed by atoms with Crippen LogP contribution in [0.5, 0.6) is 0 Å². The molecule has 3 rings (SSSR count). The number of hydrogen-bond acceptors (Lipinski definition) is 2. The Bertz CT molecular complexity index is 572. The number of thiophene rings is 1. The molecule has 1 saturated carbocycles. The summed E-state index contributed by atoms with van der Waals surface area (Å²) in [4.78, 5) is 14.7. The van der Waals surface area contributed by atoms with E-state index in [2.05, 4.69) is 16.8 Å². The van der Waals surface area contributed by atoms with Crippen LogP contribution < -0.4 is 0 Å². The highest BCUT2D eigenvalue weighted by atomic mass is 32.1. The van der Waals surface area contributed by atoms with Crippen LogP contribution in [0.4, 0.5) is 0 Å². The summed E-state index contributed by atoms with van der Waals surface area (Å²) < 4.78 is 0. The van der Waals surface area contributed by atoms with Crippen molar-refractivity contribution in [2.75, 3.05) is 0 Å². The van der Waals surface area contributed by atoms with E-state index >= 15 is 0 Å². The largest absolute Gasteiger partial charge is 0.331 e. The number of nitrogens with zero attached hydrogens (tertiary/aromatic N) is 1. The van der Waals surface area contributed by atoms with E-state index in [1.165, 1.54) is 5.56 Å². The first-order chi connectivity index (χ1) is 9.25. The molecule has 98 valence electrons. The standard InChI is InChI=1S/C16H17NOS/c1-12-4-2-3-5-15(12)16(18)17(14-6-7-14)10-13-8-9-19-11-13/h2-5,8-9,11,14H,6-7,10H2,1H3. The van der Waals surface area contributed by atoms with Gasteiger partial charge in [-0.15, -0.1) is 0 Å². The van der Waals surface area contributed by atoms with Gasteiger partial charge in [-0.3, -0.25) is 4.79 Å². The van der Waals surface area contributed by atoms with Gasteiger partial charge < -0.3 is 4.90 Å². The molecule has 0 N–H and O–H groups in total. The Kier molecular flexibility index (Phi) is 3.38. The monoisotopic (exact) mass is 271 g/mol. The summed E-state index contributed by atoms with van der Waals surface area (Å²) >= 11 is 1.69. The Morgan fingerprint density at radius 1 is 1.32 bits per heavy atom. The van der Waals surface area contributed by atoms with Crippen molar-refractivity contribution in [2.45, 2.75) is 32.4 Å². The van der Waals surface area contributed by atoms with Crippen molar-refractivity contribution in [3.05, 3.63) is 57.8 Å². The van der Waals surface area contributed by atoms with Crippen molar-refractivity contribution >= 4 is 17.2 Å². The molecule has 0 saturated heterocycles. The van der Waals surface area contributed by atoms with Crippen LogP contribution in [0.1, 0.15) is 34.3 Å². The van der Waals surface area contributed by atoms with Crippen LogP contribution in [0.2, 0.25) is 0 Å². The molecule has 3 heteroatoms. The van der Waals surface area contributed by atoms with Crippen molar-refractivity contribution < 1.29 is 4.79 Å². The molecule has 1 aromatic heterocycles. The molecule has 0 bridgehead atoms. The fourth-order valence-electron chi connectivity index (χ4n) is 2.30. The van der Waals surface area contributed by atoms with Gasteiger partial charge in [-0.1, -0.05) is 18.2 Å². The van der Waals surface area contributed by atoms with Crippen LogP contribution >= 0.6 is 11.3 Å². The SMILES string of the molecule is Cc1ccccc1C(=O)N(Cc1ccsc1)C1CC1. The van der Waals surface area contributed by atoms with Crippen LogP contribution in [0.25, 0.3) is 0 Å². The highest BCUT2D eigenvalue weighted by Crippen LogP contribution is 2.30. The van der Waals surface area contributed by atoms with Crippen molar-refractivity contribution in [2.24, 2.45) is 0 Å². The molecule has 1 amide bonds. The van der Waals surface area contributed by atoms with E-state index in [9.17, 15) is 4.79 Å². The van der Waals surface area contributed by atoms with Crippen LogP contribution in [0, 0.1) is 6.92 Å². The molecule has 1 fully saturated rings. The number of aryl methyl sites for hydroxylation is 1.